The van der Waals surface area contributed by atoms with E-state index in [4.69, 9.17) is 40.4 Å². The molecule has 1 saturated carbocycles. The first-order chi connectivity index (χ1) is 19.9. The van der Waals surface area contributed by atoms with Crippen LogP contribution in [-0.2, 0) is 39.2 Å². The van der Waals surface area contributed by atoms with Crippen molar-refractivity contribution < 1.29 is 46.0 Å². The summed E-state index contributed by atoms with van der Waals surface area (Å²) >= 11 is 5.07. The minimum absolute atomic E-state index is 0.0286. The minimum atomic E-state index is -5.14. The van der Waals surface area contributed by atoms with Gasteiger partial charge in [-0.2, -0.15) is 4.98 Å². The molecular weight excluding hydrogens is 628 g/mol. The number of phosphoric acid groups is 1. The van der Waals surface area contributed by atoms with Crippen LogP contribution in [0.4, 0.5) is 20.5 Å². The number of hydrogen-bond acceptors (Lipinski definition) is 14. The summed E-state index contributed by atoms with van der Waals surface area (Å²) in [5.41, 5.74) is 4.31. The number of aromatic amines is 1. The van der Waals surface area contributed by atoms with Crippen LogP contribution in [0.15, 0.2) is 29.7 Å². The van der Waals surface area contributed by atoms with Gasteiger partial charge in [-0.05, 0) is 24.3 Å². The van der Waals surface area contributed by atoms with Crippen LogP contribution in [0.1, 0.15) is 12.6 Å². The smallest absolute Gasteiger partial charge is 0.376 e. The van der Waals surface area contributed by atoms with E-state index in [9.17, 15) is 19.1 Å². The number of fused-ring (bicyclic) bond motifs is 2. The molecule has 1 aliphatic heterocycles. The fourth-order valence-corrected chi connectivity index (χ4v) is 7.07. The van der Waals surface area contributed by atoms with Crippen molar-refractivity contribution >= 4 is 49.3 Å². The first-order valence-corrected chi connectivity index (χ1v) is 16.3. The van der Waals surface area contributed by atoms with E-state index in [1.807, 2.05) is 0 Å². The Morgan fingerprint density at radius 3 is 2.74 bits per heavy atom. The second-order valence-corrected chi connectivity index (χ2v) is 13.6. The highest BCUT2D eigenvalue weighted by molar-refractivity contribution is 8.07. The number of hydrogen-bond donors (Lipinski definition) is 5. The third-order valence-electron chi connectivity index (χ3n) is 6.64. The van der Waals surface area contributed by atoms with Crippen LogP contribution in [0.3, 0.4) is 0 Å². The molecular formula is C20H26F2N8O9P2S. The number of methoxy groups -OCH3 is 1. The third-order valence-corrected chi connectivity index (χ3v) is 9.16. The molecule has 0 amide bonds. The van der Waals surface area contributed by atoms with Crippen LogP contribution in [0, 0.1) is 5.92 Å². The number of rotatable bonds is 4. The Bertz CT molecular complexity index is 1570. The zero-order valence-electron chi connectivity index (χ0n) is 21.6. The van der Waals surface area contributed by atoms with E-state index in [0.29, 0.717) is 5.82 Å². The molecule has 4 heterocycles. The maximum absolute atomic E-state index is 16.0. The van der Waals surface area contributed by atoms with Gasteiger partial charge in [0, 0.05) is 19.2 Å². The van der Waals surface area contributed by atoms with Crippen LogP contribution in [0.25, 0.3) is 11.2 Å². The van der Waals surface area contributed by atoms with Crippen molar-refractivity contribution in [3.05, 3.63) is 35.3 Å². The monoisotopic (exact) mass is 654 g/mol. The quantitative estimate of drug-likeness (QED) is 0.247. The van der Waals surface area contributed by atoms with Crippen molar-refractivity contribution in [2.75, 3.05) is 31.4 Å². The van der Waals surface area contributed by atoms with E-state index in [-0.39, 0.29) is 23.5 Å². The van der Waals surface area contributed by atoms with Crippen molar-refractivity contribution in [2.45, 2.75) is 43.2 Å². The van der Waals surface area contributed by atoms with Gasteiger partial charge in [0.05, 0.1) is 25.6 Å². The number of nitrogens with two attached hydrogens (primary N) is 1. The van der Waals surface area contributed by atoms with Crippen LogP contribution in [-0.4, -0.2) is 90.2 Å². The maximum Gasteiger partial charge on any atom is 0.474 e. The van der Waals surface area contributed by atoms with Gasteiger partial charge in [0.1, 0.15) is 30.5 Å². The largest absolute Gasteiger partial charge is 0.474 e. The van der Waals surface area contributed by atoms with E-state index in [1.165, 1.54) is 18.6 Å². The van der Waals surface area contributed by atoms with Gasteiger partial charge >= 0.3 is 14.5 Å². The van der Waals surface area contributed by atoms with Gasteiger partial charge in [0.2, 0.25) is 5.95 Å². The normalized spacial score (nSPS) is 36.5. The number of aromatic nitrogens is 6. The number of imidazole rings is 1. The minimum Gasteiger partial charge on any atom is -0.376 e. The molecule has 5 rings (SSSR count). The van der Waals surface area contributed by atoms with Gasteiger partial charge in [0.25, 0.3) is 5.56 Å². The number of anilines is 2. The highest BCUT2D eigenvalue weighted by Gasteiger charge is 2.49. The summed E-state index contributed by atoms with van der Waals surface area (Å²) in [6.07, 6.45) is -5.68. The Balaban J connectivity index is 1.48. The summed E-state index contributed by atoms with van der Waals surface area (Å²) in [4.78, 5) is 51.5. The van der Waals surface area contributed by atoms with E-state index in [2.05, 4.69) is 30.2 Å². The molecule has 6 N–H and O–H groups in total. The maximum atomic E-state index is 16.0. The van der Waals surface area contributed by atoms with Gasteiger partial charge < -0.3 is 34.6 Å². The Morgan fingerprint density at radius 1 is 1.24 bits per heavy atom. The fraction of sp³-hybridized carbons (Fsp3) is 0.550. The predicted molar refractivity (Wildman–Crippen MR) is 144 cm³/mol. The summed E-state index contributed by atoms with van der Waals surface area (Å²) in [5.74, 6) is -1.02. The van der Waals surface area contributed by atoms with Gasteiger partial charge in [-0.15, -0.1) is 0 Å². The third kappa shape index (κ3) is 6.67. The van der Waals surface area contributed by atoms with Gasteiger partial charge in [-0.3, -0.25) is 23.4 Å². The van der Waals surface area contributed by atoms with Crippen molar-refractivity contribution in [1.82, 2.24) is 29.5 Å². The molecule has 230 valence electrons. The predicted octanol–water partition coefficient (Wildman–Crippen LogP) is 0.948. The lowest BCUT2D eigenvalue weighted by Gasteiger charge is -2.29. The fourth-order valence-electron chi connectivity index (χ4n) is 4.66. The summed E-state index contributed by atoms with van der Waals surface area (Å²) < 4.78 is 72.0. The lowest BCUT2D eigenvalue weighted by Crippen LogP contribution is -2.37. The SMILES string of the molecule is CO[C@@H]1COP(O)(=S)O[C@@H]2[C@@H](COP(=O)(O)O[C@@H](n3cnc4c(=O)[nH]c(N)nc43)[C@@H]1F)C[C@@H](Nc1ccncn1)[C@@H]2F. The zero-order chi connectivity index (χ0) is 30.2. The Morgan fingerprint density at radius 2 is 2.02 bits per heavy atom. The number of H-pyrrole nitrogens is 1. The number of phosphoric ester groups is 1. The average molecular weight is 654 g/mol. The molecule has 17 nitrogen and oxygen atoms in total. The van der Waals surface area contributed by atoms with Crippen molar-refractivity contribution in [3.63, 3.8) is 0 Å². The molecule has 0 aromatic carbocycles. The topological polar surface area (TPSA) is 231 Å². The Labute approximate surface area is 240 Å². The molecule has 0 bridgehead atoms. The number of ether oxygens (including phenoxy) is 1. The molecule has 2 fully saturated rings. The first kappa shape index (κ1) is 30.9. The summed E-state index contributed by atoms with van der Waals surface area (Å²) in [5, 5.41) is 2.88. The first-order valence-electron chi connectivity index (χ1n) is 12.2. The van der Waals surface area contributed by atoms with Gasteiger partial charge in [-0.1, -0.05) is 0 Å². The number of alkyl halides is 2. The molecule has 1 saturated heterocycles. The highest BCUT2D eigenvalue weighted by Crippen LogP contribution is 2.53. The van der Waals surface area contributed by atoms with Crippen LogP contribution < -0.4 is 16.6 Å². The molecule has 9 atom stereocenters. The Kier molecular flexibility index (Phi) is 9.01. The second-order valence-electron chi connectivity index (χ2n) is 9.37. The molecule has 22 heteroatoms. The zero-order valence-corrected chi connectivity index (χ0v) is 24.2. The lowest BCUT2D eigenvalue weighted by atomic mass is 10.1. The molecule has 2 aliphatic rings. The summed E-state index contributed by atoms with van der Waals surface area (Å²) in [6.45, 7) is -5.62. The van der Waals surface area contributed by atoms with Crippen molar-refractivity contribution in [2.24, 2.45) is 5.92 Å². The van der Waals surface area contributed by atoms with Crippen LogP contribution in [0.2, 0.25) is 0 Å². The van der Waals surface area contributed by atoms with Crippen LogP contribution >= 0.6 is 14.5 Å². The molecule has 1 aliphatic carbocycles. The van der Waals surface area contributed by atoms with E-state index >= 15 is 8.78 Å². The van der Waals surface area contributed by atoms with E-state index in [0.717, 1.165) is 18.0 Å². The molecule has 0 spiro atoms. The Hall–Kier alpha value is -2.51. The molecule has 3 aromatic heterocycles. The van der Waals surface area contributed by atoms with E-state index < -0.39 is 76.1 Å². The second kappa shape index (κ2) is 12.2. The lowest BCUT2D eigenvalue weighted by molar-refractivity contribution is -0.0759. The number of nitrogens with one attached hydrogen (secondary N) is 2. The molecule has 3 aromatic rings. The van der Waals surface area contributed by atoms with Gasteiger partial charge in [0.15, 0.2) is 23.6 Å². The summed E-state index contributed by atoms with van der Waals surface area (Å²) in [6, 6.07) is 0.560. The number of halogens is 2. The van der Waals surface area contributed by atoms with Crippen molar-refractivity contribution in [3.8, 4) is 0 Å². The van der Waals surface area contributed by atoms with E-state index in [1.54, 1.807) is 0 Å². The highest BCUT2D eigenvalue weighted by atomic mass is 32.5. The number of nitrogens with zero attached hydrogens (tertiary/aromatic N) is 5. The van der Waals surface area contributed by atoms with Crippen LogP contribution in [0.5, 0.6) is 0 Å². The standard InChI is InChI=1S/C20H26F2N8O9P2S/c1-35-11-6-37-41(34,42)38-16-9(4-10(13(16)21)27-12-2-3-24-7-25-12)5-36-40(32,33)39-19(14(11)22)30-8-26-15-17(30)28-20(23)29-18(15)31/h2-3,7-11,13-14,16,19H,4-6H2,1H3,(H,32,33)(H,34,42)(H,24,25,27)(H3,23,28,29,31)/t9-,10-,11-,13+,14-,16-,19-,41?/m1/s1. The molecule has 0 radical (unpaired) electrons. The molecule has 2 unspecified atom stereocenters. The number of nitrogen functional groups attached to an aromatic ring is 1. The van der Waals surface area contributed by atoms with Crippen molar-refractivity contribution in [1.29, 1.82) is 0 Å². The van der Waals surface area contributed by atoms with Gasteiger partial charge in [-0.25, -0.2) is 28.3 Å². The summed E-state index contributed by atoms with van der Waals surface area (Å²) in [7, 11) is -4.05. The molecule has 42 heavy (non-hydrogen) atoms. The average Bonchev–Trinajstić information content (AvgIpc) is 3.47.